The molecule has 0 spiro atoms. The van der Waals surface area contributed by atoms with E-state index >= 15 is 0 Å². The molecule has 0 unspecified atom stereocenters. The van der Waals surface area contributed by atoms with Crippen LogP contribution < -0.4 is 10.6 Å². The zero-order valence-electron chi connectivity index (χ0n) is 16.1. The van der Waals surface area contributed by atoms with Gasteiger partial charge in [0.25, 0.3) is 5.91 Å². The van der Waals surface area contributed by atoms with E-state index in [-0.39, 0.29) is 5.91 Å². The van der Waals surface area contributed by atoms with Gasteiger partial charge in [-0.25, -0.2) is 0 Å². The van der Waals surface area contributed by atoms with E-state index in [1.807, 2.05) is 48.5 Å². The molecule has 0 aliphatic heterocycles. The Hall–Kier alpha value is -2.53. The zero-order chi connectivity index (χ0) is 19.6. The first-order valence-electron chi connectivity index (χ1n) is 8.99. The van der Waals surface area contributed by atoms with Crippen LogP contribution in [0.2, 0.25) is 5.02 Å². The van der Waals surface area contributed by atoms with Crippen molar-refractivity contribution in [1.29, 1.82) is 0 Å². The second-order valence-electron chi connectivity index (χ2n) is 6.42. The molecule has 1 amide bonds. The molecule has 2 aromatic rings. The third kappa shape index (κ3) is 6.61. The third-order valence-electron chi connectivity index (χ3n) is 4.15. The monoisotopic (exact) mass is 386 g/mol. The molecule has 144 valence electrons. The Bertz CT molecular complexity index is 789. The van der Waals surface area contributed by atoms with Gasteiger partial charge < -0.3 is 15.5 Å². The van der Waals surface area contributed by atoms with Crippen molar-refractivity contribution in [3.05, 3.63) is 70.2 Å². The maximum Gasteiger partial charge on any atom is 0.253 e. The number of guanidine groups is 1. The van der Waals surface area contributed by atoms with Gasteiger partial charge in [0.2, 0.25) is 0 Å². The molecule has 2 rings (SSSR count). The van der Waals surface area contributed by atoms with Crippen molar-refractivity contribution in [2.24, 2.45) is 4.99 Å². The lowest BCUT2D eigenvalue weighted by molar-refractivity contribution is 0.0827. The number of rotatable bonds is 7. The lowest BCUT2D eigenvalue weighted by Crippen LogP contribution is -2.39. The molecule has 5 nitrogen and oxygen atoms in total. The summed E-state index contributed by atoms with van der Waals surface area (Å²) in [6.07, 6.45) is 1.63. The zero-order valence-corrected chi connectivity index (χ0v) is 16.9. The molecule has 0 aliphatic rings. The number of hydrogen-bond donors (Lipinski definition) is 2. The van der Waals surface area contributed by atoms with Crippen molar-refractivity contribution in [2.75, 3.05) is 34.2 Å². The Labute approximate surface area is 166 Å². The van der Waals surface area contributed by atoms with Crippen LogP contribution in [0.1, 0.15) is 21.5 Å². The standard InChI is InChI=1S/C21H27ClN4O/c1-23-21(25-14-12-17-8-4-5-10-19(17)22)24-13-11-16-7-6-9-18(15-16)20(27)26(2)3/h4-10,15H,11-14H2,1-3H3,(H2,23,24,25). The number of benzene rings is 2. The van der Waals surface area contributed by atoms with Crippen LogP contribution in [0.3, 0.4) is 0 Å². The minimum atomic E-state index is 0.0156. The van der Waals surface area contributed by atoms with Crippen molar-refractivity contribution >= 4 is 23.5 Å². The number of halogens is 1. The predicted octanol–water partition coefficient (Wildman–Crippen LogP) is 2.99. The van der Waals surface area contributed by atoms with Crippen molar-refractivity contribution in [1.82, 2.24) is 15.5 Å². The van der Waals surface area contributed by atoms with Crippen LogP contribution in [-0.4, -0.2) is 51.0 Å². The Morgan fingerprint density at radius 3 is 2.41 bits per heavy atom. The summed E-state index contributed by atoms with van der Waals surface area (Å²) in [5, 5.41) is 7.38. The molecule has 0 heterocycles. The number of aliphatic imine (C=N–C) groups is 1. The van der Waals surface area contributed by atoms with Gasteiger partial charge in [-0.2, -0.15) is 0 Å². The number of carbonyl (C=O) groups is 1. The second-order valence-corrected chi connectivity index (χ2v) is 6.82. The van der Waals surface area contributed by atoms with E-state index in [0.717, 1.165) is 48.0 Å². The fraction of sp³-hybridized carbons (Fsp3) is 0.333. The van der Waals surface area contributed by atoms with Crippen molar-refractivity contribution in [2.45, 2.75) is 12.8 Å². The number of amides is 1. The van der Waals surface area contributed by atoms with Gasteiger partial charge in [-0.3, -0.25) is 9.79 Å². The molecule has 0 radical (unpaired) electrons. The van der Waals surface area contributed by atoms with Crippen LogP contribution in [0.25, 0.3) is 0 Å². The Kier molecular flexibility index (Phi) is 8.14. The second kappa shape index (κ2) is 10.6. The SMILES string of the molecule is CN=C(NCCc1cccc(C(=O)N(C)C)c1)NCCc1ccccc1Cl. The lowest BCUT2D eigenvalue weighted by atomic mass is 10.1. The van der Waals surface area contributed by atoms with Crippen molar-refractivity contribution in [3.63, 3.8) is 0 Å². The highest BCUT2D eigenvalue weighted by molar-refractivity contribution is 6.31. The summed E-state index contributed by atoms with van der Waals surface area (Å²) < 4.78 is 0. The van der Waals surface area contributed by atoms with Gasteiger partial charge in [-0.05, 0) is 42.2 Å². The van der Waals surface area contributed by atoms with Crippen LogP contribution in [0.5, 0.6) is 0 Å². The van der Waals surface area contributed by atoms with E-state index < -0.39 is 0 Å². The summed E-state index contributed by atoms with van der Waals surface area (Å²) in [5.74, 6) is 0.768. The van der Waals surface area contributed by atoms with Crippen LogP contribution in [-0.2, 0) is 12.8 Å². The third-order valence-corrected chi connectivity index (χ3v) is 4.52. The van der Waals surface area contributed by atoms with Crippen LogP contribution in [0.4, 0.5) is 0 Å². The average molecular weight is 387 g/mol. The van der Waals surface area contributed by atoms with Gasteiger partial charge in [-0.15, -0.1) is 0 Å². The lowest BCUT2D eigenvalue weighted by Gasteiger charge is -2.13. The first kappa shape index (κ1) is 20.8. The molecule has 0 aliphatic carbocycles. The maximum atomic E-state index is 12.1. The molecular weight excluding hydrogens is 360 g/mol. The fourth-order valence-electron chi connectivity index (χ4n) is 2.68. The number of nitrogens with zero attached hydrogens (tertiary/aromatic N) is 2. The van der Waals surface area contributed by atoms with E-state index in [2.05, 4.69) is 15.6 Å². The molecule has 0 aromatic heterocycles. The average Bonchev–Trinajstić information content (AvgIpc) is 2.67. The van der Waals surface area contributed by atoms with Crippen LogP contribution in [0.15, 0.2) is 53.5 Å². The molecule has 0 fully saturated rings. The largest absolute Gasteiger partial charge is 0.356 e. The van der Waals surface area contributed by atoms with Gasteiger partial charge in [0.15, 0.2) is 5.96 Å². The Balaban J connectivity index is 1.79. The summed E-state index contributed by atoms with van der Waals surface area (Å²) >= 11 is 6.18. The Morgan fingerprint density at radius 2 is 1.74 bits per heavy atom. The molecule has 0 saturated carbocycles. The topological polar surface area (TPSA) is 56.7 Å². The van der Waals surface area contributed by atoms with Gasteiger partial charge in [0.05, 0.1) is 0 Å². The number of hydrogen-bond acceptors (Lipinski definition) is 2. The minimum absolute atomic E-state index is 0.0156. The van der Waals surface area contributed by atoms with E-state index in [4.69, 9.17) is 11.6 Å². The van der Waals surface area contributed by atoms with E-state index in [1.54, 1.807) is 26.0 Å². The molecule has 6 heteroatoms. The van der Waals surface area contributed by atoms with Crippen LogP contribution in [0, 0.1) is 0 Å². The first-order valence-corrected chi connectivity index (χ1v) is 9.37. The molecule has 2 N–H and O–H groups in total. The summed E-state index contributed by atoms with van der Waals surface area (Å²) in [6, 6.07) is 15.6. The van der Waals surface area contributed by atoms with Gasteiger partial charge in [0.1, 0.15) is 0 Å². The summed E-state index contributed by atoms with van der Waals surface area (Å²) in [4.78, 5) is 17.9. The van der Waals surface area contributed by atoms with Gasteiger partial charge >= 0.3 is 0 Å². The normalized spacial score (nSPS) is 11.2. The van der Waals surface area contributed by atoms with Gasteiger partial charge in [-0.1, -0.05) is 41.9 Å². The quantitative estimate of drug-likeness (QED) is 0.568. The molecular formula is C21H27ClN4O. The maximum absolute atomic E-state index is 12.1. The van der Waals surface area contributed by atoms with E-state index in [9.17, 15) is 4.79 Å². The molecule has 0 bridgehead atoms. The van der Waals surface area contributed by atoms with E-state index in [1.165, 1.54) is 0 Å². The summed E-state index contributed by atoms with van der Waals surface area (Å²) in [5.41, 5.74) is 2.94. The molecule has 2 aromatic carbocycles. The molecule has 0 atom stereocenters. The highest BCUT2D eigenvalue weighted by atomic mass is 35.5. The van der Waals surface area contributed by atoms with Gasteiger partial charge in [0, 0.05) is 44.8 Å². The fourth-order valence-corrected chi connectivity index (χ4v) is 2.91. The van der Waals surface area contributed by atoms with Crippen molar-refractivity contribution < 1.29 is 4.79 Å². The summed E-state index contributed by atoms with van der Waals surface area (Å²) in [7, 11) is 5.27. The highest BCUT2D eigenvalue weighted by Gasteiger charge is 2.08. The van der Waals surface area contributed by atoms with E-state index in [0.29, 0.717) is 5.56 Å². The summed E-state index contributed by atoms with van der Waals surface area (Å²) in [6.45, 7) is 1.47. The highest BCUT2D eigenvalue weighted by Crippen LogP contribution is 2.14. The number of carbonyl (C=O) groups excluding carboxylic acids is 1. The minimum Gasteiger partial charge on any atom is -0.356 e. The number of nitrogens with one attached hydrogen (secondary N) is 2. The predicted molar refractivity (Wildman–Crippen MR) is 113 cm³/mol. The van der Waals surface area contributed by atoms with Crippen molar-refractivity contribution in [3.8, 4) is 0 Å². The first-order chi connectivity index (χ1) is 13.0. The molecule has 27 heavy (non-hydrogen) atoms. The smallest absolute Gasteiger partial charge is 0.253 e. The molecule has 0 saturated heterocycles. The Morgan fingerprint density at radius 1 is 1.04 bits per heavy atom. The van der Waals surface area contributed by atoms with Crippen LogP contribution >= 0.6 is 11.6 Å².